The molecule has 0 atom stereocenters. The Balaban J connectivity index is 2.11. The summed E-state index contributed by atoms with van der Waals surface area (Å²) in [6.45, 7) is 1.16. The normalized spacial score (nSPS) is 12.3. The molecule has 0 bridgehead atoms. The van der Waals surface area contributed by atoms with Crippen LogP contribution in [0.5, 0.6) is 5.75 Å². The molecule has 0 aliphatic heterocycles. The molecule has 6 heteroatoms. The summed E-state index contributed by atoms with van der Waals surface area (Å²) in [6, 6.07) is 11.1. The number of aliphatic imine (C=N–C) groups is 1. The maximum atomic E-state index is 13.2. The average molecular weight is 339 g/mol. The predicted octanol–water partition coefficient (Wildman–Crippen LogP) is 4.37. The number of rotatable bonds is 5. The van der Waals surface area contributed by atoms with Gasteiger partial charge in [-0.15, -0.1) is 0 Å². The van der Waals surface area contributed by atoms with Crippen LogP contribution in [-0.2, 0) is 12.5 Å². The molecular weight excluding hydrogens is 322 g/mol. The van der Waals surface area contributed by atoms with E-state index in [1.165, 1.54) is 19.2 Å². The number of ether oxygens (including phenoxy) is 1. The first kappa shape index (κ1) is 17.2. The van der Waals surface area contributed by atoms with Gasteiger partial charge in [0.2, 0.25) is 0 Å². The summed E-state index contributed by atoms with van der Waals surface area (Å²) in [5, 5.41) is 0.442. The Bertz CT molecular complexity index is 710. The lowest BCUT2D eigenvalue weighted by Crippen LogP contribution is -2.13. The van der Waals surface area contributed by atoms with Crippen molar-refractivity contribution >= 4 is 17.4 Å². The molecular formula is C17H17ClF2N2O. The lowest BCUT2D eigenvalue weighted by atomic mass is 10.1. The average Bonchev–Trinajstić information content (AvgIpc) is 2.52. The summed E-state index contributed by atoms with van der Waals surface area (Å²) in [5.41, 5.74) is 7.37. The summed E-state index contributed by atoms with van der Waals surface area (Å²) in [5.74, 6) is -1.97. The topological polar surface area (TPSA) is 47.6 Å². The molecule has 0 radical (unpaired) electrons. The largest absolute Gasteiger partial charge is 0.495 e. The van der Waals surface area contributed by atoms with Gasteiger partial charge in [-0.1, -0.05) is 35.9 Å². The van der Waals surface area contributed by atoms with Gasteiger partial charge >= 0.3 is 0 Å². The van der Waals surface area contributed by atoms with Crippen LogP contribution >= 0.6 is 11.6 Å². The Labute approximate surface area is 138 Å². The number of nitrogens with zero attached hydrogens (tertiary/aromatic N) is 1. The van der Waals surface area contributed by atoms with E-state index in [1.807, 2.05) is 0 Å². The minimum atomic E-state index is -2.85. The Kier molecular flexibility index (Phi) is 5.21. The molecule has 0 amide bonds. The summed E-state index contributed by atoms with van der Waals surface area (Å²) >= 11 is 6.04. The molecule has 2 N–H and O–H groups in total. The maximum absolute atomic E-state index is 13.2. The Morgan fingerprint density at radius 3 is 2.39 bits per heavy atom. The number of methoxy groups -OCH3 is 1. The molecule has 122 valence electrons. The van der Waals surface area contributed by atoms with Crippen molar-refractivity contribution in [3.8, 4) is 5.75 Å². The van der Waals surface area contributed by atoms with E-state index in [0.29, 0.717) is 28.7 Å². The van der Waals surface area contributed by atoms with E-state index in [9.17, 15) is 8.78 Å². The zero-order valence-corrected chi connectivity index (χ0v) is 13.6. The lowest BCUT2D eigenvalue weighted by Gasteiger charge is -2.10. The highest BCUT2D eigenvalue weighted by Crippen LogP contribution is 2.27. The molecule has 0 saturated heterocycles. The number of hydrogen-bond acceptors (Lipinski definition) is 2. The van der Waals surface area contributed by atoms with Crippen molar-refractivity contribution in [1.82, 2.24) is 0 Å². The van der Waals surface area contributed by atoms with Crippen molar-refractivity contribution in [1.29, 1.82) is 0 Å². The van der Waals surface area contributed by atoms with Gasteiger partial charge in [-0.2, -0.15) is 0 Å². The standard InChI is InChI=1S/C17H17ClF2N2O/c1-17(19,20)13-6-3-11(4-7-13)10-22-16(21)12-5-8-15(23-2)14(18)9-12/h3-9H,10H2,1-2H3,(H2,21,22). The van der Waals surface area contributed by atoms with Crippen LogP contribution in [0.3, 0.4) is 0 Å². The van der Waals surface area contributed by atoms with Crippen molar-refractivity contribution in [3.63, 3.8) is 0 Å². The number of halogens is 3. The van der Waals surface area contributed by atoms with Crippen LogP contribution in [0.2, 0.25) is 5.02 Å². The summed E-state index contributed by atoms with van der Waals surface area (Å²) in [6.07, 6.45) is 0. The van der Waals surface area contributed by atoms with Gasteiger partial charge in [0, 0.05) is 18.1 Å². The Hall–Kier alpha value is -2.14. The number of nitrogens with two attached hydrogens (primary N) is 1. The smallest absolute Gasteiger partial charge is 0.270 e. The molecule has 0 spiro atoms. The van der Waals surface area contributed by atoms with Crippen LogP contribution in [0.4, 0.5) is 8.78 Å². The zero-order valence-electron chi connectivity index (χ0n) is 12.8. The number of alkyl halides is 2. The summed E-state index contributed by atoms with van der Waals surface area (Å²) in [7, 11) is 1.53. The highest BCUT2D eigenvalue weighted by molar-refractivity contribution is 6.32. The third-order valence-electron chi connectivity index (χ3n) is 3.34. The van der Waals surface area contributed by atoms with Gasteiger partial charge in [0.05, 0.1) is 18.7 Å². The maximum Gasteiger partial charge on any atom is 0.270 e. The van der Waals surface area contributed by atoms with Gasteiger partial charge in [0.1, 0.15) is 11.6 Å². The van der Waals surface area contributed by atoms with Crippen LogP contribution in [0.15, 0.2) is 47.5 Å². The highest BCUT2D eigenvalue weighted by atomic mass is 35.5. The van der Waals surface area contributed by atoms with Crippen LogP contribution in [0.1, 0.15) is 23.6 Å². The predicted molar refractivity (Wildman–Crippen MR) is 88.4 cm³/mol. The molecule has 0 fully saturated rings. The first-order valence-corrected chi connectivity index (χ1v) is 7.30. The van der Waals surface area contributed by atoms with Crippen molar-refractivity contribution in [3.05, 3.63) is 64.2 Å². The Morgan fingerprint density at radius 1 is 1.22 bits per heavy atom. The van der Waals surface area contributed by atoms with E-state index in [4.69, 9.17) is 22.1 Å². The molecule has 0 aliphatic carbocycles. The second-order valence-corrected chi connectivity index (χ2v) is 5.54. The molecule has 3 nitrogen and oxygen atoms in total. The Morgan fingerprint density at radius 2 is 1.87 bits per heavy atom. The van der Waals surface area contributed by atoms with E-state index < -0.39 is 5.92 Å². The number of hydrogen-bond donors (Lipinski definition) is 1. The quantitative estimate of drug-likeness (QED) is 0.650. The fourth-order valence-corrected chi connectivity index (χ4v) is 2.25. The van der Waals surface area contributed by atoms with Gasteiger partial charge in [-0.3, -0.25) is 4.99 Å². The molecule has 0 aromatic heterocycles. The van der Waals surface area contributed by atoms with Crippen molar-refractivity contribution in [2.75, 3.05) is 7.11 Å². The molecule has 2 aromatic carbocycles. The number of amidine groups is 1. The molecule has 2 rings (SSSR count). The second-order valence-electron chi connectivity index (χ2n) is 5.14. The minimum Gasteiger partial charge on any atom is -0.495 e. The van der Waals surface area contributed by atoms with Crippen molar-refractivity contribution in [2.45, 2.75) is 19.4 Å². The van der Waals surface area contributed by atoms with Crippen molar-refractivity contribution in [2.24, 2.45) is 10.7 Å². The SMILES string of the molecule is COc1ccc(C(N)=NCc2ccc(C(C)(F)F)cc2)cc1Cl. The molecule has 0 aliphatic rings. The molecule has 0 unspecified atom stereocenters. The third kappa shape index (κ3) is 4.42. The second kappa shape index (κ2) is 6.96. The molecule has 23 heavy (non-hydrogen) atoms. The molecule has 2 aromatic rings. The summed E-state index contributed by atoms with van der Waals surface area (Å²) < 4.78 is 31.4. The van der Waals surface area contributed by atoms with Gasteiger partial charge in [-0.05, 0) is 23.8 Å². The zero-order chi connectivity index (χ0) is 17.0. The highest BCUT2D eigenvalue weighted by Gasteiger charge is 2.23. The fourth-order valence-electron chi connectivity index (χ4n) is 2.00. The minimum absolute atomic E-state index is 0.0277. The van der Waals surface area contributed by atoms with Crippen molar-refractivity contribution < 1.29 is 13.5 Å². The van der Waals surface area contributed by atoms with Gasteiger partial charge in [-0.25, -0.2) is 8.78 Å². The van der Waals surface area contributed by atoms with Crippen LogP contribution in [0.25, 0.3) is 0 Å². The van der Waals surface area contributed by atoms with E-state index >= 15 is 0 Å². The fraction of sp³-hybridized carbons (Fsp3) is 0.235. The van der Waals surface area contributed by atoms with E-state index in [-0.39, 0.29) is 5.56 Å². The first-order chi connectivity index (χ1) is 10.8. The summed E-state index contributed by atoms with van der Waals surface area (Å²) in [4.78, 5) is 4.26. The van der Waals surface area contributed by atoms with Gasteiger partial charge < -0.3 is 10.5 Å². The van der Waals surface area contributed by atoms with Gasteiger partial charge in [0.25, 0.3) is 5.92 Å². The van der Waals surface area contributed by atoms with Crippen LogP contribution in [0, 0.1) is 0 Å². The van der Waals surface area contributed by atoms with Crippen LogP contribution in [-0.4, -0.2) is 12.9 Å². The lowest BCUT2D eigenvalue weighted by molar-refractivity contribution is 0.0174. The van der Waals surface area contributed by atoms with E-state index in [0.717, 1.165) is 12.5 Å². The number of benzene rings is 2. The van der Waals surface area contributed by atoms with E-state index in [2.05, 4.69) is 4.99 Å². The molecule has 0 saturated carbocycles. The third-order valence-corrected chi connectivity index (χ3v) is 3.64. The monoisotopic (exact) mass is 338 g/mol. The molecule has 0 heterocycles. The van der Waals surface area contributed by atoms with Crippen LogP contribution < -0.4 is 10.5 Å². The van der Waals surface area contributed by atoms with Gasteiger partial charge in [0.15, 0.2) is 0 Å². The first-order valence-electron chi connectivity index (χ1n) is 6.92. The van der Waals surface area contributed by atoms with E-state index in [1.54, 1.807) is 30.3 Å².